The van der Waals surface area contributed by atoms with Crippen molar-refractivity contribution >= 4 is 33.5 Å². The summed E-state index contributed by atoms with van der Waals surface area (Å²) in [5, 5.41) is 11.5. The fraction of sp³-hybridized carbons (Fsp3) is 0.281. The Morgan fingerprint density at radius 2 is 1.70 bits per heavy atom. The van der Waals surface area contributed by atoms with E-state index in [0.29, 0.717) is 25.3 Å². The van der Waals surface area contributed by atoms with Crippen LogP contribution in [0.25, 0.3) is 11.3 Å². The zero-order valence-corrected chi connectivity index (χ0v) is 25.4. The number of carbonyl (C=O) groups excluding carboxylic acids is 1. The highest BCUT2D eigenvalue weighted by Crippen LogP contribution is 2.36. The molecule has 9 nitrogen and oxygen atoms in total. The number of aromatic nitrogens is 2. The maximum absolute atomic E-state index is 13.5. The number of sulfonamides is 1. The molecule has 1 amide bonds. The van der Waals surface area contributed by atoms with E-state index in [9.17, 15) is 18.3 Å². The van der Waals surface area contributed by atoms with E-state index in [1.807, 2.05) is 50.2 Å². The lowest BCUT2D eigenvalue weighted by Gasteiger charge is -2.24. The molecule has 4 aromatic rings. The zero-order valence-electron chi connectivity index (χ0n) is 23.9. The van der Waals surface area contributed by atoms with Gasteiger partial charge in [0.2, 0.25) is 5.95 Å². The summed E-state index contributed by atoms with van der Waals surface area (Å²) in [7, 11) is -4.15. The van der Waals surface area contributed by atoms with E-state index in [1.54, 1.807) is 17.0 Å². The number of nitrogens with zero attached hydrogens (tertiary/aromatic N) is 4. The Morgan fingerprint density at radius 3 is 2.42 bits per heavy atom. The van der Waals surface area contributed by atoms with Crippen LogP contribution in [0.15, 0.2) is 83.8 Å². The molecule has 0 bridgehead atoms. The van der Waals surface area contributed by atoms with Crippen molar-refractivity contribution in [3.63, 3.8) is 0 Å². The second-order valence-electron chi connectivity index (χ2n) is 11.4. The number of hydrogen-bond acceptors (Lipinski definition) is 7. The van der Waals surface area contributed by atoms with E-state index in [1.165, 1.54) is 23.8 Å². The van der Waals surface area contributed by atoms with E-state index < -0.39 is 15.6 Å². The van der Waals surface area contributed by atoms with Crippen LogP contribution in [0, 0.1) is 19.8 Å². The molecule has 0 saturated carbocycles. The van der Waals surface area contributed by atoms with Gasteiger partial charge in [0.05, 0.1) is 17.1 Å². The second kappa shape index (κ2) is 11.3. The number of nitrogens with one attached hydrogen (secondary N) is 1. The van der Waals surface area contributed by atoms with Crippen LogP contribution in [0.1, 0.15) is 27.0 Å². The topological polar surface area (TPSA) is 116 Å². The smallest absolute Gasteiger partial charge is 0.264 e. The van der Waals surface area contributed by atoms with Crippen LogP contribution in [0.5, 0.6) is 0 Å². The van der Waals surface area contributed by atoms with Crippen LogP contribution in [0.3, 0.4) is 0 Å². The molecular formula is C32H32ClN5O4S. The average molecular weight is 618 g/mol. The number of β-amino-alcohol motifs (C(OH)–C–C–N with tert-alkyl or cyclic N) is 1. The average Bonchev–Trinajstić information content (AvgIpc) is 3.43. The normalized spacial score (nSPS) is 20.3. The van der Waals surface area contributed by atoms with Crippen LogP contribution in [0.2, 0.25) is 5.15 Å². The molecule has 2 aliphatic heterocycles. The van der Waals surface area contributed by atoms with Gasteiger partial charge < -0.3 is 10.0 Å². The van der Waals surface area contributed by atoms with Crippen LogP contribution < -0.4 is 4.72 Å². The van der Waals surface area contributed by atoms with Gasteiger partial charge in [-0.25, -0.2) is 23.1 Å². The standard InChI is InChI=1S/C32H32ClN5O4S/c1-21-8-6-9-22(2)29(21)27-15-28(33)35-31(34-27)36-43(41,42)26-13-7-12-24(14-26)30(39)38-18-25-17-37(19-32(25,40)20-38)16-23-10-4-3-5-11-23/h3-15,25,40H,16-20H2,1-2H3,(H,34,35,36). The number of rotatable bonds is 7. The van der Waals surface area contributed by atoms with Gasteiger partial charge in [0.1, 0.15) is 10.8 Å². The van der Waals surface area contributed by atoms with Crippen LogP contribution >= 0.6 is 11.6 Å². The van der Waals surface area contributed by atoms with Gasteiger partial charge in [0.25, 0.3) is 15.9 Å². The van der Waals surface area contributed by atoms with Crippen LogP contribution in [0.4, 0.5) is 5.95 Å². The molecule has 0 spiro atoms. The molecule has 2 fully saturated rings. The van der Waals surface area contributed by atoms with Crippen molar-refractivity contribution in [2.75, 3.05) is 30.9 Å². The molecule has 43 heavy (non-hydrogen) atoms. The first-order chi connectivity index (χ1) is 20.5. The third-order valence-corrected chi connectivity index (χ3v) is 9.75. The van der Waals surface area contributed by atoms with Gasteiger partial charge >= 0.3 is 0 Å². The molecule has 0 radical (unpaired) electrons. The van der Waals surface area contributed by atoms with Crippen molar-refractivity contribution in [1.82, 2.24) is 19.8 Å². The number of fused-ring (bicyclic) bond motifs is 1. The third-order valence-electron chi connectivity index (χ3n) is 8.23. The summed E-state index contributed by atoms with van der Waals surface area (Å²) in [4.78, 5) is 25.7. The molecule has 2 aliphatic rings. The number of likely N-dealkylation sites (tertiary alicyclic amines) is 2. The van der Waals surface area contributed by atoms with E-state index >= 15 is 0 Å². The number of anilines is 1. The second-order valence-corrected chi connectivity index (χ2v) is 13.5. The van der Waals surface area contributed by atoms with Gasteiger partial charge in [-0.15, -0.1) is 0 Å². The number of hydrogen-bond donors (Lipinski definition) is 2. The van der Waals surface area contributed by atoms with Gasteiger partial charge in [0.15, 0.2) is 0 Å². The Balaban J connectivity index is 1.17. The summed E-state index contributed by atoms with van der Waals surface area (Å²) in [6.07, 6.45) is 0. The Hall–Kier alpha value is -3.83. The number of carbonyl (C=O) groups is 1. The van der Waals surface area contributed by atoms with E-state index in [-0.39, 0.29) is 39.9 Å². The molecule has 2 N–H and O–H groups in total. The van der Waals surface area contributed by atoms with E-state index in [0.717, 1.165) is 23.2 Å². The Kier molecular flexibility index (Phi) is 7.72. The highest BCUT2D eigenvalue weighted by molar-refractivity contribution is 7.92. The summed E-state index contributed by atoms with van der Waals surface area (Å²) in [6.45, 7) is 6.36. The maximum Gasteiger partial charge on any atom is 0.264 e. The highest BCUT2D eigenvalue weighted by atomic mass is 35.5. The van der Waals surface area contributed by atoms with Crippen molar-refractivity contribution in [1.29, 1.82) is 0 Å². The predicted octanol–water partition coefficient (Wildman–Crippen LogP) is 4.53. The summed E-state index contributed by atoms with van der Waals surface area (Å²) in [5.41, 5.74) is 3.67. The van der Waals surface area contributed by atoms with E-state index in [2.05, 4.69) is 31.7 Å². The lowest BCUT2D eigenvalue weighted by Crippen LogP contribution is -2.41. The van der Waals surface area contributed by atoms with Gasteiger partial charge in [0, 0.05) is 49.3 Å². The molecule has 3 aromatic carbocycles. The first-order valence-electron chi connectivity index (χ1n) is 14.0. The highest BCUT2D eigenvalue weighted by Gasteiger charge is 2.52. The molecule has 2 atom stereocenters. The Bertz CT molecular complexity index is 1780. The molecule has 1 aromatic heterocycles. The van der Waals surface area contributed by atoms with Crippen molar-refractivity contribution in [3.05, 3.63) is 106 Å². The minimum absolute atomic E-state index is 0.0835. The SMILES string of the molecule is Cc1cccc(C)c1-c1cc(Cl)nc(NS(=O)(=O)c2cccc(C(=O)N3CC4CN(Cc5ccccc5)CC4(O)C3)c2)n1. The summed E-state index contributed by atoms with van der Waals surface area (Å²) in [5.74, 6) is -0.581. The number of halogens is 1. The monoisotopic (exact) mass is 617 g/mol. The molecule has 6 rings (SSSR count). The lowest BCUT2D eigenvalue weighted by atomic mass is 9.95. The molecule has 222 valence electrons. The predicted molar refractivity (Wildman–Crippen MR) is 165 cm³/mol. The molecule has 3 heterocycles. The number of amides is 1. The van der Waals surface area contributed by atoms with Crippen molar-refractivity contribution < 1.29 is 18.3 Å². The largest absolute Gasteiger partial charge is 0.386 e. The molecule has 0 aliphatic carbocycles. The minimum atomic E-state index is -4.15. The van der Waals surface area contributed by atoms with Gasteiger partial charge in [-0.05, 0) is 48.7 Å². The molecule has 11 heteroatoms. The van der Waals surface area contributed by atoms with E-state index in [4.69, 9.17) is 11.6 Å². The van der Waals surface area contributed by atoms with Gasteiger partial charge in [-0.2, -0.15) is 0 Å². The number of aryl methyl sites for hydroxylation is 2. The van der Waals surface area contributed by atoms with Crippen LogP contribution in [-0.2, 0) is 16.6 Å². The van der Waals surface area contributed by atoms with Gasteiger partial charge in [-0.1, -0.05) is 66.2 Å². The number of aliphatic hydroxyl groups is 1. The summed E-state index contributed by atoms with van der Waals surface area (Å²) >= 11 is 6.26. The zero-order chi connectivity index (χ0) is 30.4. The van der Waals surface area contributed by atoms with Crippen molar-refractivity contribution in [2.45, 2.75) is 30.9 Å². The molecular weight excluding hydrogens is 586 g/mol. The summed E-state index contributed by atoms with van der Waals surface area (Å²) in [6, 6.07) is 23.3. The first kappa shape index (κ1) is 29.3. The van der Waals surface area contributed by atoms with Crippen molar-refractivity contribution in [2.24, 2.45) is 5.92 Å². The first-order valence-corrected chi connectivity index (χ1v) is 15.9. The fourth-order valence-corrected chi connectivity index (χ4v) is 7.39. The maximum atomic E-state index is 13.5. The quantitative estimate of drug-likeness (QED) is 0.293. The molecule has 2 unspecified atom stereocenters. The Labute approximate surface area is 256 Å². The minimum Gasteiger partial charge on any atom is -0.386 e. The lowest BCUT2D eigenvalue weighted by molar-refractivity contribution is 0.0325. The Morgan fingerprint density at radius 1 is 0.977 bits per heavy atom. The van der Waals surface area contributed by atoms with Crippen LogP contribution in [-0.4, -0.2) is 71.0 Å². The summed E-state index contributed by atoms with van der Waals surface area (Å²) < 4.78 is 29.2. The molecule has 2 saturated heterocycles. The van der Waals surface area contributed by atoms with Gasteiger partial charge in [-0.3, -0.25) is 9.69 Å². The number of benzene rings is 3. The van der Waals surface area contributed by atoms with Crippen molar-refractivity contribution in [3.8, 4) is 11.3 Å². The third kappa shape index (κ3) is 6.01. The fourth-order valence-electron chi connectivity index (χ4n) is 6.21.